The molecule has 4 aromatic rings. The molecule has 3 aromatic heterocycles. The van der Waals surface area contributed by atoms with Crippen molar-refractivity contribution >= 4 is 38.5 Å². The number of thiazole rings is 1. The quantitative estimate of drug-likeness (QED) is 0.603. The summed E-state index contributed by atoms with van der Waals surface area (Å²) >= 11 is 1.62. The Morgan fingerprint density at radius 1 is 1.27 bits per heavy atom. The molecule has 0 unspecified atom stereocenters. The van der Waals surface area contributed by atoms with Gasteiger partial charge in [0, 0.05) is 7.05 Å². The number of anilines is 1. The van der Waals surface area contributed by atoms with Gasteiger partial charge in [0.05, 0.1) is 23.0 Å². The minimum Gasteiger partial charge on any atom is -0.349 e. The Balaban J connectivity index is 1.62. The highest BCUT2D eigenvalue weighted by Gasteiger charge is 2.09. The first-order valence-electron chi connectivity index (χ1n) is 6.71. The smallest absolute Gasteiger partial charge is 0.278 e. The molecule has 2 N–H and O–H groups in total. The highest BCUT2D eigenvalue weighted by molar-refractivity contribution is 7.18. The number of hydrogen-bond acceptors (Lipinski definition) is 6. The van der Waals surface area contributed by atoms with E-state index in [1.54, 1.807) is 24.6 Å². The molecule has 0 bridgehead atoms. The Morgan fingerprint density at radius 2 is 2.14 bits per heavy atom. The maximum absolute atomic E-state index is 12.0. The molecule has 3 heterocycles. The van der Waals surface area contributed by atoms with E-state index >= 15 is 0 Å². The summed E-state index contributed by atoms with van der Waals surface area (Å²) in [5, 5.41) is 8.09. The average Bonchev–Trinajstić information content (AvgIpc) is 3.09. The van der Waals surface area contributed by atoms with Crippen molar-refractivity contribution in [3.8, 4) is 0 Å². The molecule has 0 spiro atoms. The van der Waals surface area contributed by atoms with Gasteiger partial charge >= 0.3 is 0 Å². The fourth-order valence-corrected chi connectivity index (χ4v) is 3.23. The van der Waals surface area contributed by atoms with Gasteiger partial charge in [0.25, 0.3) is 5.56 Å². The van der Waals surface area contributed by atoms with Gasteiger partial charge in [0.2, 0.25) is 5.95 Å². The Hall–Kier alpha value is -2.74. The van der Waals surface area contributed by atoms with Gasteiger partial charge in [-0.3, -0.25) is 14.5 Å². The highest BCUT2D eigenvalue weighted by atomic mass is 32.1. The zero-order chi connectivity index (χ0) is 15.1. The van der Waals surface area contributed by atoms with E-state index in [9.17, 15) is 4.79 Å². The minimum atomic E-state index is -0.211. The lowest BCUT2D eigenvalue weighted by Crippen LogP contribution is -2.14. The molecule has 0 amide bonds. The SMILES string of the molecule is Cn1ncc2nc(NCc3nc4ccccc4s3)[nH]c(=O)c21. The van der Waals surface area contributed by atoms with Crippen LogP contribution < -0.4 is 10.9 Å². The molecular weight excluding hydrogens is 300 g/mol. The van der Waals surface area contributed by atoms with E-state index < -0.39 is 0 Å². The first kappa shape index (κ1) is 13.0. The van der Waals surface area contributed by atoms with Crippen LogP contribution in [0.2, 0.25) is 0 Å². The van der Waals surface area contributed by atoms with Gasteiger partial charge in [-0.05, 0) is 12.1 Å². The van der Waals surface area contributed by atoms with Gasteiger partial charge in [-0.1, -0.05) is 12.1 Å². The third-order valence-corrected chi connectivity index (χ3v) is 4.38. The van der Waals surface area contributed by atoms with Crippen molar-refractivity contribution in [3.05, 3.63) is 45.8 Å². The Kier molecular flexibility index (Phi) is 2.90. The molecule has 0 aliphatic heterocycles. The van der Waals surface area contributed by atoms with Crippen LogP contribution in [0.5, 0.6) is 0 Å². The lowest BCUT2D eigenvalue weighted by atomic mass is 10.3. The van der Waals surface area contributed by atoms with Crippen molar-refractivity contribution in [1.29, 1.82) is 0 Å². The van der Waals surface area contributed by atoms with Crippen LogP contribution in [0.3, 0.4) is 0 Å². The lowest BCUT2D eigenvalue weighted by molar-refractivity contribution is 0.792. The molecule has 8 heteroatoms. The molecule has 22 heavy (non-hydrogen) atoms. The fraction of sp³-hybridized carbons (Fsp3) is 0.143. The third kappa shape index (κ3) is 2.13. The van der Waals surface area contributed by atoms with Gasteiger partial charge in [-0.25, -0.2) is 9.97 Å². The summed E-state index contributed by atoms with van der Waals surface area (Å²) in [5.41, 5.74) is 1.80. The maximum Gasteiger partial charge on any atom is 0.278 e. The van der Waals surface area contributed by atoms with Crippen LogP contribution in [0, 0.1) is 0 Å². The second kappa shape index (κ2) is 4.92. The van der Waals surface area contributed by atoms with Gasteiger partial charge < -0.3 is 5.32 Å². The first-order valence-corrected chi connectivity index (χ1v) is 7.53. The number of rotatable bonds is 3. The number of benzene rings is 1. The van der Waals surface area contributed by atoms with Gasteiger partial charge in [0.1, 0.15) is 10.5 Å². The summed E-state index contributed by atoms with van der Waals surface area (Å²) < 4.78 is 2.65. The van der Waals surface area contributed by atoms with Crippen LogP contribution in [-0.4, -0.2) is 24.7 Å². The van der Waals surface area contributed by atoms with Gasteiger partial charge in [-0.15, -0.1) is 11.3 Å². The van der Waals surface area contributed by atoms with Crippen LogP contribution in [0.4, 0.5) is 5.95 Å². The number of nitrogens with zero attached hydrogens (tertiary/aromatic N) is 4. The molecule has 4 rings (SSSR count). The molecule has 0 aliphatic rings. The van der Waals surface area contributed by atoms with Gasteiger partial charge in [0.15, 0.2) is 5.52 Å². The predicted molar refractivity (Wildman–Crippen MR) is 86.1 cm³/mol. The van der Waals surface area contributed by atoms with Crippen molar-refractivity contribution in [2.45, 2.75) is 6.54 Å². The van der Waals surface area contributed by atoms with Crippen LogP contribution >= 0.6 is 11.3 Å². The monoisotopic (exact) mass is 312 g/mol. The molecule has 0 aliphatic carbocycles. The lowest BCUT2D eigenvalue weighted by Gasteiger charge is -2.02. The molecule has 0 atom stereocenters. The fourth-order valence-electron chi connectivity index (χ4n) is 2.32. The predicted octanol–water partition coefficient (Wildman–Crippen LogP) is 1.88. The van der Waals surface area contributed by atoms with E-state index in [-0.39, 0.29) is 5.56 Å². The molecule has 0 radical (unpaired) electrons. The highest BCUT2D eigenvalue weighted by Crippen LogP contribution is 2.21. The number of aryl methyl sites for hydroxylation is 1. The maximum atomic E-state index is 12.0. The van der Waals surface area contributed by atoms with E-state index in [2.05, 4.69) is 25.4 Å². The van der Waals surface area contributed by atoms with Crippen molar-refractivity contribution in [3.63, 3.8) is 0 Å². The van der Waals surface area contributed by atoms with Crippen molar-refractivity contribution in [2.24, 2.45) is 7.05 Å². The first-order chi connectivity index (χ1) is 10.7. The molecule has 0 fully saturated rings. The summed E-state index contributed by atoms with van der Waals surface area (Å²) in [7, 11) is 1.72. The van der Waals surface area contributed by atoms with Crippen molar-refractivity contribution < 1.29 is 0 Å². The number of H-pyrrole nitrogens is 1. The third-order valence-electron chi connectivity index (χ3n) is 3.34. The summed E-state index contributed by atoms with van der Waals surface area (Å²) in [6.07, 6.45) is 1.58. The molecular formula is C14H12N6OS. The van der Waals surface area contributed by atoms with Crippen LogP contribution in [0.25, 0.3) is 21.3 Å². The average molecular weight is 312 g/mol. The molecule has 0 saturated carbocycles. The van der Waals surface area contributed by atoms with E-state index in [4.69, 9.17) is 0 Å². The van der Waals surface area contributed by atoms with Crippen molar-refractivity contribution in [2.75, 3.05) is 5.32 Å². The van der Waals surface area contributed by atoms with E-state index in [1.165, 1.54) is 4.68 Å². The zero-order valence-corrected chi connectivity index (χ0v) is 12.5. The second-order valence-electron chi connectivity index (χ2n) is 4.85. The number of hydrogen-bond donors (Lipinski definition) is 2. The van der Waals surface area contributed by atoms with Gasteiger partial charge in [-0.2, -0.15) is 5.10 Å². The number of para-hydroxylation sites is 1. The minimum absolute atomic E-state index is 0.211. The topological polar surface area (TPSA) is 88.5 Å². The number of fused-ring (bicyclic) bond motifs is 2. The summed E-state index contributed by atoms with van der Waals surface area (Å²) in [5.74, 6) is 0.421. The molecule has 7 nitrogen and oxygen atoms in total. The largest absolute Gasteiger partial charge is 0.349 e. The van der Waals surface area contributed by atoms with E-state index in [0.29, 0.717) is 23.5 Å². The van der Waals surface area contributed by atoms with Crippen LogP contribution in [0.15, 0.2) is 35.3 Å². The molecule has 1 aromatic carbocycles. The summed E-state index contributed by atoms with van der Waals surface area (Å²) in [4.78, 5) is 23.6. The van der Waals surface area contributed by atoms with Crippen molar-refractivity contribution in [1.82, 2.24) is 24.7 Å². The number of aromatic nitrogens is 5. The summed E-state index contributed by atoms with van der Waals surface area (Å²) in [6.45, 7) is 0.508. The normalized spacial score (nSPS) is 11.3. The zero-order valence-electron chi connectivity index (χ0n) is 11.7. The number of nitrogens with one attached hydrogen (secondary N) is 2. The molecule has 110 valence electrons. The standard InChI is InChI=1S/C14H12N6OS/c1-20-12-9(6-16-20)18-14(19-13(12)21)15-7-11-17-8-4-2-3-5-10(8)22-11/h2-6H,7H2,1H3,(H2,15,18,19,21). The molecule has 0 saturated heterocycles. The van der Waals surface area contributed by atoms with Crippen LogP contribution in [0.1, 0.15) is 5.01 Å². The second-order valence-corrected chi connectivity index (χ2v) is 5.96. The van der Waals surface area contributed by atoms with E-state index in [0.717, 1.165) is 15.2 Å². The van der Waals surface area contributed by atoms with Crippen LogP contribution in [-0.2, 0) is 13.6 Å². The Labute approximate surface area is 128 Å². The Bertz CT molecular complexity index is 998. The van der Waals surface area contributed by atoms with E-state index in [1.807, 2.05) is 24.3 Å². The summed E-state index contributed by atoms with van der Waals surface area (Å²) in [6, 6.07) is 7.98. The Morgan fingerprint density at radius 3 is 3.00 bits per heavy atom. The number of aromatic amines is 1.